The average molecular weight is 747 g/mol. The summed E-state index contributed by atoms with van der Waals surface area (Å²) < 4.78 is 6.22. The summed E-state index contributed by atoms with van der Waals surface area (Å²) in [6.45, 7) is 2.13. The Morgan fingerprint density at radius 3 is 2.22 bits per heavy atom. The van der Waals surface area contributed by atoms with Crippen molar-refractivity contribution < 1.29 is 29.6 Å². The Balaban J connectivity index is 1.14. The normalized spacial score (nSPS) is 21.7. The standard InChI is InChI=1S/C45H47ClN2O6/c46-40-26-36(50)18-16-33(40)24-32(31-12-6-2-7-13-31)17-19-41(51)42-34(29-54-37-14-8-3-9-15-37)25-38-43(39(42)28-49)45(53)48(44(38)52)35-20-22-47(23-21-35)27-30-10-4-1-5-11-30/h1-16,18,24,26,35,38-39,41,43,49-51H,17,19-23,25,27-29H2/b32-24-/t38-,39+,41-,43-/m1/s1. The van der Waals surface area contributed by atoms with Gasteiger partial charge in [0, 0.05) is 31.6 Å². The van der Waals surface area contributed by atoms with E-state index in [1.165, 1.54) is 16.5 Å². The number of piperidine rings is 1. The van der Waals surface area contributed by atoms with Gasteiger partial charge >= 0.3 is 0 Å². The monoisotopic (exact) mass is 746 g/mol. The molecule has 0 unspecified atom stereocenters. The first kappa shape index (κ1) is 37.6. The maximum absolute atomic E-state index is 14.4. The molecule has 9 heteroatoms. The van der Waals surface area contributed by atoms with Gasteiger partial charge < -0.3 is 20.1 Å². The fraction of sp³-hybridized carbons (Fsp3) is 0.333. The number of hydrogen-bond acceptors (Lipinski definition) is 7. The predicted molar refractivity (Wildman–Crippen MR) is 210 cm³/mol. The fourth-order valence-electron chi connectivity index (χ4n) is 8.56. The molecule has 2 saturated heterocycles. The zero-order valence-corrected chi connectivity index (χ0v) is 31.0. The molecule has 0 radical (unpaired) electrons. The third-order valence-corrected chi connectivity index (χ3v) is 11.6. The highest BCUT2D eigenvalue weighted by Gasteiger charge is 2.56. The molecule has 7 rings (SSSR count). The number of hydrogen-bond donors (Lipinski definition) is 3. The molecule has 2 amide bonds. The van der Waals surface area contributed by atoms with Gasteiger partial charge in [0.15, 0.2) is 0 Å². The predicted octanol–water partition coefficient (Wildman–Crippen LogP) is 7.38. The number of allylic oxidation sites excluding steroid dienone is 1. The van der Waals surface area contributed by atoms with E-state index >= 15 is 0 Å². The van der Waals surface area contributed by atoms with Gasteiger partial charge in [0.05, 0.1) is 29.6 Å². The summed E-state index contributed by atoms with van der Waals surface area (Å²) in [5.74, 6) is -1.82. The number of fused-ring (bicyclic) bond motifs is 1. The molecule has 4 aromatic rings. The number of carbonyl (C=O) groups is 2. The van der Waals surface area contributed by atoms with Crippen LogP contribution in [0.2, 0.25) is 5.02 Å². The van der Waals surface area contributed by atoms with Crippen LogP contribution in [0.5, 0.6) is 11.5 Å². The van der Waals surface area contributed by atoms with Gasteiger partial charge in [-0.2, -0.15) is 0 Å². The van der Waals surface area contributed by atoms with Crippen molar-refractivity contribution in [1.82, 2.24) is 9.80 Å². The van der Waals surface area contributed by atoms with E-state index in [2.05, 4.69) is 17.0 Å². The Hall–Kier alpha value is -4.73. The highest BCUT2D eigenvalue weighted by molar-refractivity contribution is 6.32. The van der Waals surface area contributed by atoms with Gasteiger partial charge in [0.2, 0.25) is 11.8 Å². The minimum atomic E-state index is -1.02. The van der Waals surface area contributed by atoms with Crippen molar-refractivity contribution in [2.75, 3.05) is 26.3 Å². The van der Waals surface area contributed by atoms with Crippen LogP contribution in [0.25, 0.3) is 11.6 Å². The zero-order chi connectivity index (χ0) is 37.6. The minimum absolute atomic E-state index is 0.0729. The number of aromatic hydroxyl groups is 1. The Bertz CT molecular complexity index is 1980. The molecule has 0 aromatic heterocycles. The lowest BCUT2D eigenvalue weighted by molar-refractivity contribution is -0.144. The number of carbonyl (C=O) groups excluding carboxylic acids is 2. The van der Waals surface area contributed by atoms with Gasteiger partial charge in [-0.25, -0.2) is 0 Å². The second-order valence-electron chi connectivity index (χ2n) is 14.6. The number of amides is 2. The number of rotatable bonds is 13. The van der Waals surface area contributed by atoms with E-state index in [4.69, 9.17) is 16.3 Å². The first-order chi connectivity index (χ1) is 26.3. The van der Waals surface area contributed by atoms with Crippen molar-refractivity contribution in [1.29, 1.82) is 0 Å². The zero-order valence-electron chi connectivity index (χ0n) is 30.3. The van der Waals surface area contributed by atoms with Crippen molar-refractivity contribution in [3.63, 3.8) is 0 Å². The molecule has 1 aliphatic carbocycles. The number of aliphatic hydroxyl groups excluding tert-OH is 2. The average Bonchev–Trinajstić information content (AvgIpc) is 3.45. The molecule has 3 N–H and O–H groups in total. The van der Waals surface area contributed by atoms with Gasteiger partial charge in [-0.05, 0) is 102 Å². The molecule has 8 nitrogen and oxygen atoms in total. The Kier molecular flexibility index (Phi) is 11.9. The lowest BCUT2D eigenvalue weighted by atomic mass is 9.68. The lowest BCUT2D eigenvalue weighted by Gasteiger charge is -2.37. The van der Waals surface area contributed by atoms with Crippen LogP contribution in [-0.4, -0.2) is 75.4 Å². The van der Waals surface area contributed by atoms with E-state index in [9.17, 15) is 24.9 Å². The molecular formula is C45H47ClN2O6. The number of phenols is 1. The van der Waals surface area contributed by atoms with Crippen molar-refractivity contribution in [3.8, 4) is 11.5 Å². The second-order valence-corrected chi connectivity index (χ2v) is 15.0. The lowest BCUT2D eigenvalue weighted by Crippen LogP contribution is -2.47. The third-order valence-electron chi connectivity index (χ3n) is 11.2. The first-order valence-corrected chi connectivity index (χ1v) is 19.2. The Labute approximate surface area is 322 Å². The minimum Gasteiger partial charge on any atom is -0.508 e. The van der Waals surface area contributed by atoms with Gasteiger partial charge in [-0.3, -0.25) is 19.4 Å². The van der Waals surface area contributed by atoms with Crippen molar-refractivity contribution in [2.45, 2.75) is 50.8 Å². The topological polar surface area (TPSA) is 111 Å². The maximum atomic E-state index is 14.4. The number of phenolic OH excluding ortho intramolecular Hbond substituents is 1. The second kappa shape index (κ2) is 17.2. The van der Waals surface area contributed by atoms with Crippen LogP contribution in [0, 0.1) is 17.8 Å². The largest absolute Gasteiger partial charge is 0.508 e. The summed E-state index contributed by atoms with van der Waals surface area (Å²) in [4.78, 5) is 32.4. The molecule has 4 atom stereocenters. The van der Waals surface area contributed by atoms with Crippen LogP contribution < -0.4 is 4.74 Å². The maximum Gasteiger partial charge on any atom is 0.234 e. The summed E-state index contributed by atoms with van der Waals surface area (Å²) in [5.41, 5.74) is 5.19. The molecular weight excluding hydrogens is 700 g/mol. The van der Waals surface area contributed by atoms with Crippen molar-refractivity contribution in [3.05, 3.63) is 142 Å². The van der Waals surface area contributed by atoms with Crippen LogP contribution in [0.3, 0.4) is 0 Å². The number of likely N-dealkylation sites (tertiary alicyclic amines) is 2. The number of benzene rings is 4. The van der Waals surface area contributed by atoms with Crippen molar-refractivity contribution >= 4 is 35.1 Å². The number of aliphatic hydroxyl groups is 2. The number of nitrogens with zero attached hydrogens (tertiary/aromatic N) is 2. The van der Waals surface area contributed by atoms with E-state index in [1.807, 2.05) is 84.9 Å². The quantitative estimate of drug-likeness (QED) is 0.0744. The van der Waals surface area contributed by atoms with E-state index in [-0.39, 0.29) is 43.2 Å². The molecule has 2 fully saturated rings. The molecule has 54 heavy (non-hydrogen) atoms. The van der Waals surface area contributed by atoms with E-state index in [0.717, 1.165) is 41.9 Å². The fourth-order valence-corrected chi connectivity index (χ4v) is 8.79. The molecule has 280 valence electrons. The van der Waals surface area contributed by atoms with Crippen LogP contribution in [0.1, 0.15) is 48.8 Å². The third kappa shape index (κ3) is 8.32. The summed E-state index contributed by atoms with van der Waals surface area (Å²) in [6, 6.07) is 34.1. The van der Waals surface area contributed by atoms with E-state index in [1.54, 1.807) is 12.1 Å². The highest BCUT2D eigenvalue weighted by Crippen LogP contribution is 2.47. The van der Waals surface area contributed by atoms with Crippen molar-refractivity contribution in [2.24, 2.45) is 17.8 Å². The number of imide groups is 1. The molecule has 4 aromatic carbocycles. The molecule has 0 bridgehead atoms. The van der Waals surface area contributed by atoms with Crippen LogP contribution in [0.15, 0.2) is 120 Å². The van der Waals surface area contributed by atoms with Crippen LogP contribution >= 0.6 is 11.6 Å². The molecule has 0 spiro atoms. The number of ether oxygens (including phenoxy) is 1. The van der Waals surface area contributed by atoms with Crippen LogP contribution in [0.4, 0.5) is 0 Å². The van der Waals surface area contributed by atoms with E-state index in [0.29, 0.717) is 42.0 Å². The summed E-state index contributed by atoms with van der Waals surface area (Å²) in [6.07, 6.45) is 3.35. The summed E-state index contributed by atoms with van der Waals surface area (Å²) in [7, 11) is 0. The summed E-state index contributed by atoms with van der Waals surface area (Å²) in [5, 5.41) is 33.5. The Morgan fingerprint density at radius 2 is 1.56 bits per heavy atom. The van der Waals surface area contributed by atoms with E-state index < -0.39 is 23.9 Å². The highest BCUT2D eigenvalue weighted by atomic mass is 35.5. The molecule has 3 aliphatic rings. The van der Waals surface area contributed by atoms with Gasteiger partial charge in [-0.15, -0.1) is 0 Å². The van der Waals surface area contributed by atoms with Gasteiger partial charge in [0.25, 0.3) is 0 Å². The summed E-state index contributed by atoms with van der Waals surface area (Å²) >= 11 is 6.50. The smallest absolute Gasteiger partial charge is 0.234 e. The molecule has 0 saturated carbocycles. The number of halogens is 1. The number of para-hydroxylation sites is 1. The van der Waals surface area contributed by atoms with Gasteiger partial charge in [0.1, 0.15) is 18.1 Å². The molecule has 2 aliphatic heterocycles. The SMILES string of the molecule is O=C1[C@@H]2[C@@H](CC(COc3ccccc3)=C([C@H](O)CC/C(=C/c3ccc(O)cc3Cl)c3ccccc3)[C@@H]2CO)C(=O)N1C1CCN(Cc2ccccc2)CC1. The van der Waals surface area contributed by atoms with Gasteiger partial charge in [-0.1, -0.05) is 90.5 Å². The van der Waals surface area contributed by atoms with Crippen LogP contribution in [-0.2, 0) is 16.1 Å². The molecule has 2 heterocycles. The first-order valence-electron chi connectivity index (χ1n) is 18.9. The Morgan fingerprint density at radius 1 is 0.889 bits per heavy atom.